The van der Waals surface area contributed by atoms with Gasteiger partial charge in [-0.2, -0.15) is 0 Å². The van der Waals surface area contributed by atoms with Crippen LogP contribution in [0.1, 0.15) is 27.2 Å². The topological polar surface area (TPSA) is 93.9 Å². The maximum atomic E-state index is 11.4. The largest absolute Gasteiger partial charge is 0.445 e. The molecule has 0 unspecified atom stereocenters. The van der Waals surface area contributed by atoms with Crippen molar-refractivity contribution >= 4 is 12.2 Å². The van der Waals surface area contributed by atoms with E-state index in [4.69, 9.17) is 15.2 Å². The van der Waals surface area contributed by atoms with Crippen molar-refractivity contribution < 1.29 is 19.1 Å². The van der Waals surface area contributed by atoms with Gasteiger partial charge in [0.15, 0.2) is 0 Å². The van der Waals surface area contributed by atoms with Gasteiger partial charge in [0, 0.05) is 26.2 Å². The molecule has 19 heavy (non-hydrogen) atoms. The van der Waals surface area contributed by atoms with E-state index in [1.54, 1.807) is 0 Å². The Hall–Kier alpha value is -1.50. The molecule has 7 heteroatoms. The van der Waals surface area contributed by atoms with Crippen LogP contribution in [0.25, 0.3) is 0 Å². The predicted molar refractivity (Wildman–Crippen MR) is 69.8 cm³/mol. The first-order chi connectivity index (χ1) is 8.76. The first kappa shape index (κ1) is 15.6. The molecule has 2 amide bonds. The number of nitrogens with two attached hydrogens (primary N) is 1. The Labute approximate surface area is 113 Å². The number of carbonyl (C=O) groups is 2. The summed E-state index contributed by atoms with van der Waals surface area (Å²) in [7, 11) is 0. The van der Waals surface area contributed by atoms with Crippen molar-refractivity contribution in [2.45, 2.75) is 38.9 Å². The van der Waals surface area contributed by atoms with Gasteiger partial charge in [-0.15, -0.1) is 0 Å². The van der Waals surface area contributed by atoms with Crippen LogP contribution >= 0.6 is 0 Å². The molecule has 1 saturated heterocycles. The number of carbonyl (C=O) groups excluding carboxylic acids is 2. The van der Waals surface area contributed by atoms with Crippen LogP contribution < -0.4 is 11.1 Å². The van der Waals surface area contributed by atoms with Gasteiger partial charge in [-0.3, -0.25) is 4.90 Å². The monoisotopic (exact) mass is 273 g/mol. The van der Waals surface area contributed by atoms with E-state index < -0.39 is 17.8 Å². The number of nitrogens with zero attached hydrogens (tertiary/aromatic N) is 1. The van der Waals surface area contributed by atoms with Gasteiger partial charge in [0.25, 0.3) is 0 Å². The third kappa shape index (κ3) is 6.85. The van der Waals surface area contributed by atoms with Gasteiger partial charge >= 0.3 is 12.2 Å². The Bertz CT molecular complexity index is 327. The molecule has 0 radical (unpaired) electrons. The Morgan fingerprint density at radius 1 is 1.42 bits per heavy atom. The summed E-state index contributed by atoms with van der Waals surface area (Å²) in [6, 6.07) is 0. The summed E-state index contributed by atoms with van der Waals surface area (Å²) in [6.45, 7) is 8.12. The zero-order valence-corrected chi connectivity index (χ0v) is 11.8. The Morgan fingerprint density at radius 2 is 2.11 bits per heavy atom. The zero-order chi connectivity index (χ0) is 14.5. The third-order valence-corrected chi connectivity index (χ3v) is 2.61. The molecule has 1 heterocycles. The average molecular weight is 273 g/mol. The molecule has 1 aliphatic rings. The quantitative estimate of drug-likeness (QED) is 0.785. The van der Waals surface area contributed by atoms with Crippen LogP contribution in [0, 0.1) is 0 Å². The summed E-state index contributed by atoms with van der Waals surface area (Å²) in [5.74, 6) is 0. The highest BCUT2D eigenvalue weighted by Crippen LogP contribution is 2.11. The third-order valence-electron chi connectivity index (χ3n) is 2.61. The summed E-state index contributed by atoms with van der Waals surface area (Å²) in [6.07, 6.45) is -0.524. The SMILES string of the molecule is CC(C)(C)OC(=O)NCCN1CC[C@H](OC(N)=O)C1. The number of hydrogen-bond donors (Lipinski definition) is 2. The first-order valence-electron chi connectivity index (χ1n) is 6.41. The number of rotatable bonds is 4. The molecule has 1 aliphatic heterocycles. The number of likely N-dealkylation sites (tertiary alicyclic amines) is 1. The van der Waals surface area contributed by atoms with Gasteiger partial charge in [-0.25, -0.2) is 9.59 Å². The maximum Gasteiger partial charge on any atom is 0.407 e. The van der Waals surface area contributed by atoms with Gasteiger partial charge in [0.1, 0.15) is 11.7 Å². The Kier molecular flexibility index (Phi) is 5.41. The summed E-state index contributed by atoms with van der Waals surface area (Å²) < 4.78 is 10.0. The second-order valence-electron chi connectivity index (χ2n) is 5.58. The lowest BCUT2D eigenvalue weighted by atomic mass is 10.2. The molecule has 3 N–H and O–H groups in total. The second kappa shape index (κ2) is 6.60. The second-order valence-corrected chi connectivity index (χ2v) is 5.58. The molecular formula is C12H23N3O4. The Morgan fingerprint density at radius 3 is 2.68 bits per heavy atom. The zero-order valence-electron chi connectivity index (χ0n) is 11.8. The van der Waals surface area contributed by atoms with Crippen LogP contribution in [0.15, 0.2) is 0 Å². The highest BCUT2D eigenvalue weighted by molar-refractivity contribution is 5.67. The van der Waals surface area contributed by atoms with Gasteiger partial charge in [-0.1, -0.05) is 0 Å². The fourth-order valence-corrected chi connectivity index (χ4v) is 1.89. The molecule has 0 aromatic rings. The fourth-order valence-electron chi connectivity index (χ4n) is 1.89. The number of nitrogens with one attached hydrogen (secondary N) is 1. The highest BCUT2D eigenvalue weighted by Gasteiger charge is 2.24. The van der Waals surface area contributed by atoms with E-state index in [0.29, 0.717) is 19.6 Å². The van der Waals surface area contributed by atoms with Crippen LogP contribution in [-0.4, -0.2) is 55.0 Å². The molecule has 110 valence electrons. The summed E-state index contributed by atoms with van der Waals surface area (Å²) >= 11 is 0. The van der Waals surface area contributed by atoms with E-state index in [2.05, 4.69) is 10.2 Å². The van der Waals surface area contributed by atoms with Crippen molar-refractivity contribution in [3.63, 3.8) is 0 Å². The normalized spacial score (nSPS) is 20.1. The molecule has 0 saturated carbocycles. The van der Waals surface area contributed by atoms with Crippen molar-refractivity contribution in [3.05, 3.63) is 0 Å². The molecule has 0 aromatic carbocycles. The van der Waals surface area contributed by atoms with Gasteiger partial charge in [-0.05, 0) is 27.2 Å². The standard InChI is InChI=1S/C12H23N3O4/c1-12(2,3)19-11(17)14-5-7-15-6-4-9(8-15)18-10(13)16/h9H,4-8H2,1-3H3,(H2,13,16)(H,14,17)/t9-/m0/s1. The maximum absolute atomic E-state index is 11.4. The number of alkyl carbamates (subject to hydrolysis) is 1. The van der Waals surface area contributed by atoms with Crippen molar-refractivity contribution in [2.75, 3.05) is 26.2 Å². The van der Waals surface area contributed by atoms with Crippen molar-refractivity contribution in [1.29, 1.82) is 0 Å². The molecule has 0 spiro atoms. The Balaban J connectivity index is 2.14. The van der Waals surface area contributed by atoms with E-state index in [1.165, 1.54) is 0 Å². The lowest BCUT2D eigenvalue weighted by Crippen LogP contribution is -2.37. The number of amides is 2. The van der Waals surface area contributed by atoms with E-state index in [1.807, 2.05) is 20.8 Å². The minimum atomic E-state index is -0.737. The lowest BCUT2D eigenvalue weighted by molar-refractivity contribution is 0.0523. The van der Waals surface area contributed by atoms with Crippen molar-refractivity contribution in [1.82, 2.24) is 10.2 Å². The summed E-state index contributed by atoms with van der Waals surface area (Å²) in [5.41, 5.74) is 4.48. The number of hydrogen-bond acceptors (Lipinski definition) is 5. The predicted octanol–water partition coefficient (Wildman–Crippen LogP) is 0.681. The smallest absolute Gasteiger partial charge is 0.407 e. The molecule has 7 nitrogen and oxygen atoms in total. The van der Waals surface area contributed by atoms with Crippen LogP contribution in [-0.2, 0) is 9.47 Å². The minimum Gasteiger partial charge on any atom is -0.445 e. The molecule has 1 rings (SSSR count). The molecular weight excluding hydrogens is 250 g/mol. The van der Waals surface area contributed by atoms with Crippen LogP contribution in [0.2, 0.25) is 0 Å². The minimum absolute atomic E-state index is 0.140. The number of ether oxygens (including phenoxy) is 2. The molecule has 1 atom stereocenters. The molecule has 0 bridgehead atoms. The molecule has 0 aromatic heterocycles. The fraction of sp³-hybridized carbons (Fsp3) is 0.833. The first-order valence-corrected chi connectivity index (χ1v) is 6.41. The van der Waals surface area contributed by atoms with E-state index in [9.17, 15) is 9.59 Å². The van der Waals surface area contributed by atoms with Crippen molar-refractivity contribution in [3.8, 4) is 0 Å². The van der Waals surface area contributed by atoms with Crippen molar-refractivity contribution in [2.24, 2.45) is 5.73 Å². The molecule has 0 aliphatic carbocycles. The number of primary amides is 1. The van der Waals surface area contributed by atoms with E-state index in [-0.39, 0.29) is 6.10 Å². The summed E-state index contributed by atoms with van der Waals surface area (Å²) in [5, 5.41) is 2.69. The van der Waals surface area contributed by atoms with Gasteiger partial charge < -0.3 is 20.5 Å². The highest BCUT2D eigenvalue weighted by atomic mass is 16.6. The van der Waals surface area contributed by atoms with Crippen LogP contribution in [0.5, 0.6) is 0 Å². The molecule has 1 fully saturated rings. The van der Waals surface area contributed by atoms with Crippen LogP contribution in [0.4, 0.5) is 9.59 Å². The summed E-state index contributed by atoms with van der Waals surface area (Å²) in [4.78, 5) is 24.1. The average Bonchev–Trinajstić information content (AvgIpc) is 2.61. The van der Waals surface area contributed by atoms with Gasteiger partial charge in [0.2, 0.25) is 0 Å². The van der Waals surface area contributed by atoms with E-state index in [0.717, 1.165) is 13.0 Å². The van der Waals surface area contributed by atoms with Crippen LogP contribution in [0.3, 0.4) is 0 Å². The lowest BCUT2D eigenvalue weighted by Gasteiger charge is -2.20. The van der Waals surface area contributed by atoms with Gasteiger partial charge in [0.05, 0.1) is 0 Å². The van der Waals surface area contributed by atoms with E-state index >= 15 is 0 Å².